The Morgan fingerprint density at radius 2 is 2.00 bits per heavy atom. The standard InChI is InChI=1S/C7H13NO.C2H6/c1-7(6-8-2)4-3-5-9;1-2/h5-6,8H,3-4H2,1-2H3;1-2H3/b7-6-;. The molecular formula is C9H19NO. The molecule has 0 saturated heterocycles. The summed E-state index contributed by atoms with van der Waals surface area (Å²) in [7, 11) is 1.85. The Labute approximate surface area is 69.7 Å². The first kappa shape index (κ1) is 12.8. The van der Waals surface area contributed by atoms with Crippen LogP contribution in [0, 0.1) is 0 Å². The number of carbonyl (C=O) groups is 1. The van der Waals surface area contributed by atoms with Gasteiger partial charge in [0.05, 0.1) is 0 Å². The maximum atomic E-state index is 9.87. The zero-order chi connectivity index (χ0) is 9.11. The van der Waals surface area contributed by atoms with Crippen molar-refractivity contribution in [2.24, 2.45) is 0 Å². The molecule has 0 spiro atoms. The van der Waals surface area contributed by atoms with Crippen molar-refractivity contribution in [3.8, 4) is 0 Å². The van der Waals surface area contributed by atoms with Gasteiger partial charge in [0.25, 0.3) is 0 Å². The summed E-state index contributed by atoms with van der Waals surface area (Å²) < 4.78 is 0. The largest absolute Gasteiger partial charge is 0.394 e. The van der Waals surface area contributed by atoms with E-state index >= 15 is 0 Å². The predicted octanol–water partition coefficient (Wildman–Crippen LogP) is 2.11. The molecule has 0 saturated carbocycles. The molecule has 0 fully saturated rings. The lowest BCUT2D eigenvalue weighted by atomic mass is 10.2. The fraction of sp³-hybridized carbons (Fsp3) is 0.667. The van der Waals surface area contributed by atoms with E-state index < -0.39 is 0 Å². The average Bonchev–Trinajstić information content (AvgIpc) is 2.05. The van der Waals surface area contributed by atoms with Crippen LogP contribution in [0.3, 0.4) is 0 Å². The highest BCUT2D eigenvalue weighted by molar-refractivity contribution is 5.49. The molecule has 0 radical (unpaired) electrons. The van der Waals surface area contributed by atoms with Gasteiger partial charge in [-0.2, -0.15) is 0 Å². The van der Waals surface area contributed by atoms with Crippen LogP contribution >= 0.6 is 0 Å². The highest BCUT2D eigenvalue weighted by Crippen LogP contribution is 1.98. The Hall–Kier alpha value is -0.790. The van der Waals surface area contributed by atoms with Gasteiger partial charge in [0, 0.05) is 13.5 Å². The SMILES string of the molecule is CC.CN/C=C(/C)CCC=O. The highest BCUT2D eigenvalue weighted by atomic mass is 16.1. The van der Waals surface area contributed by atoms with E-state index in [9.17, 15) is 4.79 Å². The maximum Gasteiger partial charge on any atom is 0.120 e. The first-order chi connectivity index (χ1) is 5.31. The van der Waals surface area contributed by atoms with Crippen molar-refractivity contribution in [3.63, 3.8) is 0 Å². The quantitative estimate of drug-likeness (QED) is 0.633. The van der Waals surface area contributed by atoms with Crippen LogP contribution < -0.4 is 5.32 Å². The molecule has 0 aromatic rings. The minimum absolute atomic E-state index is 0.629. The molecule has 0 aromatic heterocycles. The molecule has 0 aliphatic heterocycles. The third-order valence-electron chi connectivity index (χ3n) is 1.05. The van der Waals surface area contributed by atoms with Crippen LogP contribution in [0.15, 0.2) is 11.8 Å². The molecule has 1 N–H and O–H groups in total. The number of allylic oxidation sites excluding steroid dienone is 1. The van der Waals surface area contributed by atoms with Crippen LogP contribution in [0.5, 0.6) is 0 Å². The molecule has 11 heavy (non-hydrogen) atoms. The van der Waals surface area contributed by atoms with Gasteiger partial charge in [-0.1, -0.05) is 19.4 Å². The number of rotatable bonds is 4. The Bertz CT molecular complexity index is 108. The molecule has 0 aliphatic rings. The summed E-state index contributed by atoms with van der Waals surface area (Å²) >= 11 is 0. The lowest BCUT2D eigenvalue weighted by Gasteiger charge is -1.94. The van der Waals surface area contributed by atoms with Crippen molar-refractivity contribution in [2.75, 3.05) is 7.05 Å². The first-order valence-electron chi connectivity index (χ1n) is 4.07. The van der Waals surface area contributed by atoms with Gasteiger partial charge in [-0.25, -0.2) is 0 Å². The van der Waals surface area contributed by atoms with E-state index in [1.165, 1.54) is 5.57 Å². The van der Waals surface area contributed by atoms with Crippen LogP contribution in [0.2, 0.25) is 0 Å². The Kier molecular flexibility index (Phi) is 13.9. The molecule has 0 heterocycles. The van der Waals surface area contributed by atoms with Gasteiger partial charge in [0.2, 0.25) is 0 Å². The van der Waals surface area contributed by atoms with Crippen molar-refractivity contribution in [1.29, 1.82) is 0 Å². The fourth-order valence-corrected chi connectivity index (χ4v) is 0.605. The lowest BCUT2D eigenvalue weighted by Crippen LogP contribution is -1.94. The van der Waals surface area contributed by atoms with Crippen molar-refractivity contribution >= 4 is 6.29 Å². The molecule has 66 valence electrons. The number of nitrogens with one attached hydrogen (secondary N) is 1. The van der Waals surface area contributed by atoms with E-state index in [1.54, 1.807) is 0 Å². The molecule has 0 bridgehead atoms. The Morgan fingerprint density at radius 1 is 1.45 bits per heavy atom. The number of carbonyl (C=O) groups excluding carboxylic acids is 1. The normalized spacial score (nSPS) is 9.64. The summed E-state index contributed by atoms with van der Waals surface area (Å²) in [6, 6.07) is 0. The summed E-state index contributed by atoms with van der Waals surface area (Å²) in [5.74, 6) is 0. The van der Waals surface area contributed by atoms with Gasteiger partial charge in [-0.05, 0) is 19.5 Å². The van der Waals surface area contributed by atoms with Crippen LogP contribution in [0.4, 0.5) is 0 Å². The molecule has 0 unspecified atom stereocenters. The smallest absolute Gasteiger partial charge is 0.120 e. The summed E-state index contributed by atoms with van der Waals surface area (Å²) in [6.07, 6.45) is 4.34. The average molecular weight is 157 g/mol. The fourth-order valence-electron chi connectivity index (χ4n) is 0.605. The molecule has 0 atom stereocenters. The molecule has 0 aromatic carbocycles. The zero-order valence-electron chi connectivity index (χ0n) is 7.98. The minimum Gasteiger partial charge on any atom is -0.394 e. The van der Waals surface area contributed by atoms with E-state index in [0.717, 1.165) is 12.7 Å². The summed E-state index contributed by atoms with van der Waals surface area (Å²) in [5, 5.41) is 2.90. The molecule has 0 aliphatic carbocycles. The van der Waals surface area contributed by atoms with Crippen LogP contribution in [-0.4, -0.2) is 13.3 Å². The summed E-state index contributed by atoms with van der Waals surface area (Å²) in [5.41, 5.74) is 1.21. The van der Waals surface area contributed by atoms with Crippen molar-refractivity contribution < 1.29 is 4.79 Å². The summed E-state index contributed by atoms with van der Waals surface area (Å²) in [6.45, 7) is 6.00. The first-order valence-corrected chi connectivity index (χ1v) is 4.07. The van der Waals surface area contributed by atoms with E-state index in [0.29, 0.717) is 6.42 Å². The van der Waals surface area contributed by atoms with Gasteiger partial charge >= 0.3 is 0 Å². The number of hydrogen-bond donors (Lipinski definition) is 1. The Balaban J connectivity index is 0. The number of hydrogen-bond acceptors (Lipinski definition) is 2. The van der Waals surface area contributed by atoms with Gasteiger partial charge in [0.15, 0.2) is 0 Å². The minimum atomic E-state index is 0.629. The number of aldehydes is 1. The van der Waals surface area contributed by atoms with Gasteiger partial charge in [0.1, 0.15) is 6.29 Å². The van der Waals surface area contributed by atoms with E-state index in [1.807, 2.05) is 34.0 Å². The maximum absolute atomic E-state index is 9.87. The molecule has 2 nitrogen and oxygen atoms in total. The van der Waals surface area contributed by atoms with E-state index in [2.05, 4.69) is 5.32 Å². The van der Waals surface area contributed by atoms with Gasteiger partial charge in [-0.15, -0.1) is 0 Å². The van der Waals surface area contributed by atoms with Crippen molar-refractivity contribution in [2.45, 2.75) is 33.6 Å². The topological polar surface area (TPSA) is 29.1 Å². The molecule has 0 rings (SSSR count). The Morgan fingerprint density at radius 3 is 2.36 bits per heavy atom. The summed E-state index contributed by atoms with van der Waals surface area (Å²) in [4.78, 5) is 9.87. The van der Waals surface area contributed by atoms with E-state index in [-0.39, 0.29) is 0 Å². The third-order valence-corrected chi connectivity index (χ3v) is 1.05. The second-order valence-electron chi connectivity index (χ2n) is 1.98. The zero-order valence-corrected chi connectivity index (χ0v) is 7.98. The second kappa shape index (κ2) is 11.9. The van der Waals surface area contributed by atoms with Gasteiger partial charge < -0.3 is 10.1 Å². The van der Waals surface area contributed by atoms with E-state index in [4.69, 9.17) is 0 Å². The van der Waals surface area contributed by atoms with Crippen LogP contribution in [-0.2, 0) is 4.79 Å². The molecule has 0 amide bonds. The van der Waals surface area contributed by atoms with Crippen LogP contribution in [0.1, 0.15) is 33.6 Å². The lowest BCUT2D eigenvalue weighted by molar-refractivity contribution is -0.107. The highest BCUT2D eigenvalue weighted by Gasteiger charge is 1.85. The monoisotopic (exact) mass is 157 g/mol. The van der Waals surface area contributed by atoms with Crippen LogP contribution in [0.25, 0.3) is 0 Å². The molecule has 2 heteroatoms. The van der Waals surface area contributed by atoms with Gasteiger partial charge in [-0.3, -0.25) is 0 Å². The predicted molar refractivity (Wildman–Crippen MR) is 49.5 cm³/mol. The van der Waals surface area contributed by atoms with Crippen molar-refractivity contribution in [1.82, 2.24) is 5.32 Å². The third kappa shape index (κ3) is 12.4. The molecular weight excluding hydrogens is 138 g/mol. The second-order valence-corrected chi connectivity index (χ2v) is 1.98. The van der Waals surface area contributed by atoms with Crippen molar-refractivity contribution in [3.05, 3.63) is 11.8 Å².